The minimum absolute atomic E-state index is 0.222. The fourth-order valence-corrected chi connectivity index (χ4v) is 7.48. The number of fused-ring (bicyclic) bond motifs is 8. The second-order valence-electron chi connectivity index (χ2n) is 12.9. The third-order valence-corrected chi connectivity index (χ3v) is 9.93. The van der Waals surface area contributed by atoms with Gasteiger partial charge in [0.05, 0.1) is 24.1 Å². The van der Waals surface area contributed by atoms with Crippen LogP contribution in [0.2, 0.25) is 0 Å². The number of anilines is 2. The third-order valence-electron chi connectivity index (χ3n) is 9.93. The Balaban J connectivity index is 0.902. The molecule has 244 valence electrons. The highest BCUT2D eigenvalue weighted by Crippen LogP contribution is 2.44. The second-order valence-corrected chi connectivity index (χ2v) is 12.9. The Morgan fingerprint density at radius 3 is 2.16 bits per heavy atom. The molecule has 2 aliphatic heterocycles. The molecule has 0 bridgehead atoms. The topological polar surface area (TPSA) is 64.4 Å². The summed E-state index contributed by atoms with van der Waals surface area (Å²) in [6.07, 6.45) is 4.66. The van der Waals surface area contributed by atoms with Gasteiger partial charge in [0.15, 0.2) is 6.29 Å². The number of hydrogen-bond donors (Lipinski definition) is 0. The van der Waals surface area contributed by atoms with E-state index in [0.29, 0.717) is 17.1 Å². The SMILES string of the molecule is O=C(Oc1ccc(N2CCN(c3ccoc4c5ccccc5c5c6ccccc6cc5c34)CC2)cc1)c1ccc(OC2CCCCO2)cc1. The van der Waals surface area contributed by atoms with E-state index in [2.05, 4.69) is 70.5 Å². The average Bonchev–Trinajstić information content (AvgIpc) is 3.56. The van der Waals surface area contributed by atoms with Gasteiger partial charge in [0.2, 0.25) is 0 Å². The first-order valence-electron chi connectivity index (χ1n) is 17.1. The average molecular weight is 649 g/mol. The summed E-state index contributed by atoms with van der Waals surface area (Å²) >= 11 is 0. The number of esters is 1. The van der Waals surface area contributed by atoms with Crippen molar-refractivity contribution in [3.63, 3.8) is 0 Å². The largest absolute Gasteiger partial charge is 0.465 e. The molecule has 7 nitrogen and oxygen atoms in total. The summed E-state index contributed by atoms with van der Waals surface area (Å²) in [5.41, 5.74) is 3.71. The summed E-state index contributed by atoms with van der Waals surface area (Å²) in [7, 11) is 0. The van der Waals surface area contributed by atoms with Crippen LogP contribution in [0, 0.1) is 0 Å². The highest BCUT2D eigenvalue weighted by molar-refractivity contribution is 6.34. The zero-order valence-electron chi connectivity index (χ0n) is 27.1. The van der Waals surface area contributed by atoms with Crippen LogP contribution in [0.25, 0.3) is 43.3 Å². The van der Waals surface area contributed by atoms with E-state index in [-0.39, 0.29) is 6.29 Å². The van der Waals surface area contributed by atoms with Gasteiger partial charge in [-0.05, 0) is 100 Å². The standard InChI is InChI=1S/C42H36N2O5/c45-42(28-12-16-31(17-13-28)48-38-11-5-6-25-46-38)49-32-18-14-30(15-19-32)43-21-23-44(24-22-43)37-20-26-47-41-35-10-4-3-9-34(35)39-33-8-2-1-7-29(33)27-36(39)40(37)41/h1-4,7-10,12-20,26-27,38H,5-6,11,21-25H2. The van der Waals surface area contributed by atoms with Crippen LogP contribution in [-0.4, -0.2) is 45.0 Å². The number of rotatable bonds is 6. The molecule has 3 heterocycles. The van der Waals surface area contributed by atoms with Gasteiger partial charge in [-0.2, -0.15) is 0 Å². The van der Waals surface area contributed by atoms with E-state index in [0.717, 1.165) is 68.7 Å². The maximum atomic E-state index is 12.9. The van der Waals surface area contributed by atoms with E-state index in [4.69, 9.17) is 18.6 Å². The minimum atomic E-state index is -0.400. The number of nitrogens with zero attached hydrogens (tertiary/aromatic N) is 2. The van der Waals surface area contributed by atoms with E-state index in [1.54, 1.807) is 24.3 Å². The molecule has 0 aliphatic carbocycles. The zero-order chi connectivity index (χ0) is 32.7. The van der Waals surface area contributed by atoms with Crippen molar-refractivity contribution in [3.8, 4) is 11.5 Å². The van der Waals surface area contributed by atoms with Gasteiger partial charge in [0.25, 0.3) is 0 Å². The Labute approximate surface area is 284 Å². The Bertz CT molecular complexity index is 2300. The maximum absolute atomic E-state index is 12.9. The van der Waals surface area contributed by atoms with E-state index in [9.17, 15) is 4.79 Å². The van der Waals surface area contributed by atoms with Crippen LogP contribution in [0.1, 0.15) is 29.6 Å². The normalized spacial score (nSPS) is 16.9. The first-order chi connectivity index (χ1) is 24.2. The van der Waals surface area contributed by atoms with Crippen molar-refractivity contribution in [2.24, 2.45) is 0 Å². The summed E-state index contributed by atoms with van der Waals surface area (Å²) in [5.74, 6) is 0.800. The molecule has 7 aromatic rings. The predicted octanol–water partition coefficient (Wildman–Crippen LogP) is 9.34. The molecular formula is C42H36N2O5. The Morgan fingerprint density at radius 2 is 1.39 bits per heavy atom. The first-order valence-corrected chi connectivity index (χ1v) is 17.1. The van der Waals surface area contributed by atoms with Crippen molar-refractivity contribution >= 4 is 60.6 Å². The molecule has 0 N–H and O–H groups in total. The number of piperazine rings is 1. The Kier molecular flexibility index (Phi) is 7.54. The van der Waals surface area contributed by atoms with E-state index in [1.165, 1.54) is 38.0 Å². The molecule has 0 radical (unpaired) electrons. The molecule has 0 spiro atoms. The fraction of sp³-hybridized carbons (Fsp3) is 0.214. The fourth-order valence-electron chi connectivity index (χ4n) is 7.48. The molecule has 1 atom stereocenters. The molecule has 9 rings (SSSR count). The zero-order valence-corrected chi connectivity index (χ0v) is 27.1. The highest BCUT2D eigenvalue weighted by Gasteiger charge is 2.23. The van der Waals surface area contributed by atoms with Crippen LogP contribution in [0.5, 0.6) is 11.5 Å². The summed E-state index contributed by atoms with van der Waals surface area (Å²) in [5, 5.41) is 8.58. The highest BCUT2D eigenvalue weighted by atomic mass is 16.7. The monoisotopic (exact) mass is 648 g/mol. The quantitative estimate of drug-likeness (QED) is 0.101. The number of carbonyl (C=O) groups excluding carboxylic acids is 1. The van der Waals surface area contributed by atoms with E-state index < -0.39 is 5.97 Å². The molecule has 2 saturated heterocycles. The third kappa shape index (κ3) is 5.50. The van der Waals surface area contributed by atoms with E-state index in [1.807, 2.05) is 30.5 Å². The number of hydrogen-bond acceptors (Lipinski definition) is 7. The van der Waals surface area contributed by atoms with Gasteiger partial charge in [-0.1, -0.05) is 48.5 Å². The van der Waals surface area contributed by atoms with Gasteiger partial charge in [0, 0.05) is 49.1 Å². The molecular weight excluding hydrogens is 612 g/mol. The molecule has 0 saturated carbocycles. The molecule has 0 amide bonds. The summed E-state index contributed by atoms with van der Waals surface area (Å²) in [6.45, 7) is 4.20. The minimum Gasteiger partial charge on any atom is -0.465 e. The summed E-state index contributed by atoms with van der Waals surface area (Å²) in [4.78, 5) is 17.7. The molecule has 2 fully saturated rings. The summed E-state index contributed by atoms with van der Waals surface area (Å²) in [6, 6.07) is 36.5. The second kappa shape index (κ2) is 12.5. The van der Waals surface area contributed by atoms with Crippen LogP contribution in [-0.2, 0) is 4.74 Å². The van der Waals surface area contributed by atoms with Gasteiger partial charge >= 0.3 is 5.97 Å². The van der Waals surface area contributed by atoms with Crippen LogP contribution in [0.15, 0.2) is 120 Å². The first kappa shape index (κ1) is 29.6. The van der Waals surface area contributed by atoms with Crippen molar-refractivity contribution in [1.82, 2.24) is 0 Å². The lowest BCUT2D eigenvalue weighted by atomic mass is 9.98. The number of carbonyl (C=O) groups is 1. The lowest BCUT2D eigenvalue weighted by Crippen LogP contribution is -2.46. The van der Waals surface area contributed by atoms with Crippen molar-refractivity contribution in [3.05, 3.63) is 121 Å². The van der Waals surface area contributed by atoms with Crippen LogP contribution < -0.4 is 19.3 Å². The van der Waals surface area contributed by atoms with Crippen molar-refractivity contribution < 1.29 is 23.4 Å². The van der Waals surface area contributed by atoms with Gasteiger partial charge in [-0.15, -0.1) is 0 Å². The van der Waals surface area contributed by atoms with E-state index >= 15 is 0 Å². The van der Waals surface area contributed by atoms with Gasteiger partial charge in [-0.3, -0.25) is 0 Å². The summed E-state index contributed by atoms with van der Waals surface area (Å²) < 4.78 is 23.5. The molecule has 1 unspecified atom stereocenters. The molecule has 7 heteroatoms. The molecule has 6 aromatic carbocycles. The van der Waals surface area contributed by atoms with Crippen molar-refractivity contribution in [2.45, 2.75) is 25.6 Å². The molecule has 49 heavy (non-hydrogen) atoms. The van der Waals surface area contributed by atoms with Gasteiger partial charge < -0.3 is 28.4 Å². The maximum Gasteiger partial charge on any atom is 0.343 e. The Morgan fingerprint density at radius 1 is 0.673 bits per heavy atom. The smallest absolute Gasteiger partial charge is 0.343 e. The molecule has 1 aromatic heterocycles. The van der Waals surface area contributed by atoms with Crippen LogP contribution in [0.3, 0.4) is 0 Å². The number of benzene rings is 5. The Hall–Kier alpha value is -5.53. The van der Waals surface area contributed by atoms with Crippen molar-refractivity contribution in [1.29, 1.82) is 0 Å². The molecule has 2 aliphatic rings. The van der Waals surface area contributed by atoms with Gasteiger partial charge in [0.1, 0.15) is 17.1 Å². The van der Waals surface area contributed by atoms with Crippen molar-refractivity contribution in [2.75, 3.05) is 42.6 Å². The lowest BCUT2D eigenvalue weighted by molar-refractivity contribution is -0.105. The predicted molar refractivity (Wildman–Crippen MR) is 195 cm³/mol. The van der Waals surface area contributed by atoms with Crippen LogP contribution in [0.4, 0.5) is 11.4 Å². The van der Waals surface area contributed by atoms with Gasteiger partial charge in [-0.25, -0.2) is 4.79 Å². The van der Waals surface area contributed by atoms with Crippen LogP contribution >= 0.6 is 0 Å². The lowest BCUT2D eigenvalue weighted by Gasteiger charge is -2.38. The number of ether oxygens (including phenoxy) is 3.